The molecule has 5 heteroatoms. The van der Waals surface area contributed by atoms with Gasteiger partial charge in [-0.3, -0.25) is 0 Å². The molecule has 2 amide bonds. The van der Waals surface area contributed by atoms with Crippen molar-refractivity contribution in [1.82, 2.24) is 5.43 Å². The van der Waals surface area contributed by atoms with Gasteiger partial charge in [0.05, 0.1) is 0 Å². The highest BCUT2D eigenvalue weighted by Gasteiger charge is 2.31. The van der Waals surface area contributed by atoms with Crippen LogP contribution in [0.25, 0.3) is 0 Å². The quantitative estimate of drug-likeness (QED) is 0.767. The summed E-state index contributed by atoms with van der Waals surface area (Å²) in [6, 6.07) is 6.63. The van der Waals surface area contributed by atoms with Gasteiger partial charge in [0.15, 0.2) is 0 Å². The number of amides is 2. The standard InChI is InChI=1S/C16H22ClN3O/c1-11-8-9-16(2,3)14(10-11)19-20-15(21)18-13-6-4-12(17)5-7-13/h4-7,11H,8-10H2,1-3H3,(H2,18,20,21)/t11-/m0/s1. The molecule has 1 atom stereocenters. The van der Waals surface area contributed by atoms with Crippen LogP contribution in [0.1, 0.15) is 40.0 Å². The maximum atomic E-state index is 11.9. The van der Waals surface area contributed by atoms with E-state index in [0.717, 1.165) is 18.6 Å². The fourth-order valence-corrected chi connectivity index (χ4v) is 2.59. The highest BCUT2D eigenvalue weighted by Crippen LogP contribution is 2.35. The first kappa shape index (κ1) is 15.8. The van der Waals surface area contributed by atoms with Crippen molar-refractivity contribution >= 4 is 29.0 Å². The van der Waals surface area contributed by atoms with E-state index in [9.17, 15) is 4.79 Å². The van der Waals surface area contributed by atoms with E-state index in [1.54, 1.807) is 24.3 Å². The molecule has 2 rings (SSSR count). The molecule has 0 aromatic heterocycles. The lowest BCUT2D eigenvalue weighted by molar-refractivity contribution is 0.252. The zero-order valence-corrected chi connectivity index (χ0v) is 13.5. The van der Waals surface area contributed by atoms with Crippen molar-refractivity contribution < 1.29 is 4.79 Å². The van der Waals surface area contributed by atoms with E-state index in [1.807, 2.05) is 0 Å². The Bertz CT molecular complexity index is 537. The molecule has 0 unspecified atom stereocenters. The molecule has 0 saturated heterocycles. The molecular formula is C16H22ClN3O. The van der Waals surface area contributed by atoms with Crippen LogP contribution in [0.5, 0.6) is 0 Å². The number of nitrogens with one attached hydrogen (secondary N) is 2. The van der Waals surface area contributed by atoms with Gasteiger partial charge < -0.3 is 5.32 Å². The molecule has 2 N–H and O–H groups in total. The van der Waals surface area contributed by atoms with Crippen molar-refractivity contribution in [3.63, 3.8) is 0 Å². The second kappa shape index (κ2) is 6.48. The predicted octanol–water partition coefficient (Wildman–Crippen LogP) is 4.66. The topological polar surface area (TPSA) is 53.5 Å². The van der Waals surface area contributed by atoms with Crippen LogP contribution in [0.15, 0.2) is 29.4 Å². The van der Waals surface area contributed by atoms with Gasteiger partial charge in [-0.05, 0) is 49.4 Å². The summed E-state index contributed by atoms with van der Waals surface area (Å²) in [4.78, 5) is 11.9. The highest BCUT2D eigenvalue weighted by atomic mass is 35.5. The monoisotopic (exact) mass is 307 g/mol. The van der Waals surface area contributed by atoms with Crippen molar-refractivity contribution in [1.29, 1.82) is 0 Å². The van der Waals surface area contributed by atoms with Crippen LogP contribution in [-0.4, -0.2) is 11.7 Å². The lowest BCUT2D eigenvalue weighted by Gasteiger charge is -2.34. The van der Waals surface area contributed by atoms with E-state index < -0.39 is 0 Å². The molecule has 1 aliphatic rings. The van der Waals surface area contributed by atoms with Crippen molar-refractivity contribution in [3.8, 4) is 0 Å². The minimum atomic E-state index is -0.334. The van der Waals surface area contributed by atoms with Crippen LogP contribution in [0, 0.1) is 11.3 Å². The molecule has 0 aliphatic heterocycles. The second-order valence-corrected chi connectivity index (χ2v) is 6.80. The lowest BCUT2D eigenvalue weighted by atomic mass is 9.72. The molecule has 1 fully saturated rings. The Labute approximate surface area is 131 Å². The van der Waals surface area contributed by atoms with Crippen molar-refractivity contribution in [2.75, 3.05) is 5.32 Å². The van der Waals surface area contributed by atoms with E-state index in [0.29, 0.717) is 16.6 Å². The van der Waals surface area contributed by atoms with E-state index in [2.05, 4.69) is 36.6 Å². The summed E-state index contributed by atoms with van der Waals surface area (Å²) in [6.45, 7) is 6.57. The maximum Gasteiger partial charge on any atom is 0.339 e. The Hall–Kier alpha value is -1.55. The van der Waals surface area contributed by atoms with Crippen molar-refractivity contribution in [2.24, 2.45) is 16.4 Å². The van der Waals surface area contributed by atoms with Gasteiger partial charge in [0.2, 0.25) is 0 Å². The Morgan fingerprint density at radius 1 is 1.33 bits per heavy atom. The van der Waals surface area contributed by atoms with Crippen LogP contribution in [0.3, 0.4) is 0 Å². The number of urea groups is 1. The zero-order chi connectivity index (χ0) is 15.5. The number of benzene rings is 1. The number of anilines is 1. The van der Waals surface area contributed by atoms with E-state index >= 15 is 0 Å². The number of hydrogen-bond acceptors (Lipinski definition) is 2. The third kappa shape index (κ3) is 4.46. The summed E-state index contributed by atoms with van der Waals surface area (Å²) in [5, 5.41) is 7.70. The molecule has 4 nitrogen and oxygen atoms in total. The average molecular weight is 308 g/mol. The summed E-state index contributed by atoms with van der Waals surface area (Å²) in [6.07, 6.45) is 3.25. The van der Waals surface area contributed by atoms with Crippen LogP contribution < -0.4 is 10.7 Å². The minimum absolute atomic E-state index is 0.0556. The number of rotatable bonds is 2. The smallest absolute Gasteiger partial charge is 0.307 e. The summed E-state index contributed by atoms with van der Waals surface area (Å²) >= 11 is 5.81. The van der Waals surface area contributed by atoms with Gasteiger partial charge in [0, 0.05) is 21.8 Å². The Kier molecular flexibility index (Phi) is 4.88. The van der Waals surface area contributed by atoms with Gasteiger partial charge in [-0.2, -0.15) is 5.10 Å². The third-order valence-electron chi connectivity index (χ3n) is 3.98. The van der Waals surface area contributed by atoms with Crippen LogP contribution >= 0.6 is 11.6 Å². The summed E-state index contributed by atoms with van der Waals surface area (Å²) in [5.74, 6) is 0.623. The Morgan fingerprint density at radius 2 is 2.00 bits per heavy atom. The molecule has 0 spiro atoms. The number of hydrazone groups is 1. The molecular weight excluding hydrogens is 286 g/mol. The molecule has 1 aliphatic carbocycles. The molecule has 1 saturated carbocycles. The van der Waals surface area contributed by atoms with Crippen LogP contribution in [-0.2, 0) is 0 Å². The molecule has 21 heavy (non-hydrogen) atoms. The second-order valence-electron chi connectivity index (χ2n) is 6.36. The predicted molar refractivity (Wildman–Crippen MR) is 87.8 cm³/mol. The zero-order valence-electron chi connectivity index (χ0n) is 12.7. The lowest BCUT2D eigenvalue weighted by Crippen LogP contribution is -2.35. The average Bonchev–Trinajstić information content (AvgIpc) is 2.42. The van der Waals surface area contributed by atoms with Gasteiger partial charge in [-0.25, -0.2) is 10.2 Å². The highest BCUT2D eigenvalue weighted by molar-refractivity contribution is 6.30. The van der Waals surface area contributed by atoms with Crippen molar-refractivity contribution in [3.05, 3.63) is 29.3 Å². The Morgan fingerprint density at radius 3 is 2.67 bits per heavy atom. The largest absolute Gasteiger partial charge is 0.339 e. The minimum Gasteiger partial charge on any atom is -0.307 e. The first-order chi connectivity index (χ1) is 9.87. The summed E-state index contributed by atoms with van der Waals surface area (Å²) in [5.41, 5.74) is 4.40. The summed E-state index contributed by atoms with van der Waals surface area (Å²) < 4.78 is 0. The third-order valence-corrected chi connectivity index (χ3v) is 4.23. The van der Waals surface area contributed by atoms with E-state index in [4.69, 9.17) is 11.6 Å². The number of carbonyl (C=O) groups is 1. The van der Waals surface area contributed by atoms with Crippen molar-refractivity contribution in [2.45, 2.75) is 40.0 Å². The van der Waals surface area contributed by atoms with Gasteiger partial charge >= 0.3 is 6.03 Å². The molecule has 0 heterocycles. The van der Waals surface area contributed by atoms with Gasteiger partial charge in [-0.15, -0.1) is 0 Å². The number of halogens is 1. The van der Waals surface area contributed by atoms with E-state index in [-0.39, 0.29) is 11.4 Å². The normalized spacial score (nSPS) is 22.9. The van der Waals surface area contributed by atoms with Gasteiger partial charge in [0.25, 0.3) is 0 Å². The number of carbonyl (C=O) groups excluding carboxylic acids is 1. The van der Waals surface area contributed by atoms with Gasteiger partial charge in [-0.1, -0.05) is 32.4 Å². The molecule has 1 aromatic carbocycles. The first-order valence-electron chi connectivity index (χ1n) is 7.26. The van der Waals surface area contributed by atoms with Crippen LogP contribution in [0.4, 0.5) is 10.5 Å². The maximum absolute atomic E-state index is 11.9. The Balaban J connectivity index is 1.95. The number of hydrogen-bond donors (Lipinski definition) is 2. The summed E-state index contributed by atoms with van der Waals surface area (Å²) in [7, 11) is 0. The molecule has 114 valence electrons. The number of nitrogens with zero attached hydrogens (tertiary/aromatic N) is 1. The molecule has 1 aromatic rings. The fourth-order valence-electron chi connectivity index (χ4n) is 2.47. The molecule has 0 bridgehead atoms. The molecule has 0 radical (unpaired) electrons. The fraction of sp³-hybridized carbons (Fsp3) is 0.500. The van der Waals surface area contributed by atoms with E-state index in [1.165, 1.54) is 6.42 Å². The SMILES string of the molecule is C[C@H]1CCC(C)(C)C(=NNC(=O)Nc2ccc(Cl)cc2)C1. The first-order valence-corrected chi connectivity index (χ1v) is 7.64. The van der Waals surface area contributed by atoms with Crippen LogP contribution in [0.2, 0.25) is 5.02 Å². The van der Waals surface area contributed by atoms with Gasteiger partial charge in [0.1, 0.15) is 0 Å².